The number of para-hydroxylation sites is 1. The minimum absolute atomic E-state index is 0.0829. The summed E-state index contributed by atoms with van der Waals surface area (Å²) in [6.45, 7) is 5.65. The average Bonchev–Trinajstić information content (AvgIpc) is 3.46. The number of rotatable bonds is 12. The van der Waals surface area contributed by atoms with Gasteiger partial charge in [0.1, 0.15) is 17.5 Å². The lowest BCUT2D eigenvalue weighted by atomic mass is 9.98. The number of carbonyl (C=O) groups excluding carboxylic acids is 3. The first-order valence-corrected chi connectivity index (χ1v) is 13.3. The fourth-order valence-electron chi connectivity index (χ4n) is 3.87. The van der Waals surface area contributed by atoms with Gasteiger partial charge in [0.05, 0.1) is 32.2 Å². The standard InChI is InChI=1S/C29H35N3O5S/c1-6-29(2,3)31-28(35)26(20-12-9-13-22(17-20)36-4)32(19-21-11-7-8-14-23(21)37-5)25(33)18-30-27(34)24-15-10-16-38-24/h7-17,26H,6,18-19H2,1-5H3,(H,30,34)(H,31,35)/t26-/m1/s1. The van der Waals surface area contributed by atoms with E-state index in [0.717, 1.165) is 5.56 Å². The number of nitrogens with zero attached hydrogens (tertiary/aromatic N) is 1. The summed E-state index contributed by atoms with van der Waals surface area (Å²) in [4.78, 5) is 42.2. The van der Waals surface area contributed by atoms with Gasteiger partial charge in [0, 0.05) is 11.1 Å². The second-order valence-electron chi connectivity index (χ2n) is 9.40. The van der Waals surface area contributed by atoms with Crippen molar-refractivity contribution in [2.45, 2.75) is 45.3 Å². The lowest BCUT2D eigenvalue weighted by molar-refractivity contribution is -0.141. The van der Waals surface area contributed by atoms with Crippen LogP contribution in [0.2, 0.25) is 0 Å². The number of carbonyl (C=O) groups is 3. The number of hydrogen-bond acceptors (Lipinski definition) is 6. The maximum absolute atomic E-state index is 13.9. The zero-order valence-electron chi connectivity index (χ0n) is 22.4. The Morgan fingerprint density at radius 2 is 1.76 bits per heavy atom. The van der Waals surface area contributed by atoms with E-state index in [1.165, 1.54) is 16.2 Å². The summed E-state index contributed by atoms with van der Waals surface area (Å²) in [6, 6.07) is 16.9. The third-order valence-corrected chi connectivity index (χ3v) is 7.18. The van der Waals surface area contributed by atoms with Crippen molar-refractivity contribution in [1.82, 2.24) is 15.5 Å². The largest absolute Gasteiger partial charge is 0.497 e. The zero-order valence-corrected chi connectivity index (χ0v) is 23.3. The first kappa shape index (κ1) is 28.7. The first-order valence-electron chi connectivity index (χ1n) is 12.4. The van der Waals surface area contributed by atoms with Crippen molar-refractivity contribution >= 4 is 29.1 Å². The van der Waals surface area contributed by atoms with Crippen LogP contribution in [0.1, 0.15) is 54.0 Å². The van der Waals surface area contributed by atoms with E-state index in [4.69, 9.17) is 9.47 Å². The molecule has 0 aliphatic rings. The van der Waals surface area contributed by atoms with E-state index in [9.17, 15) is 14.4 Å². The number of nitrogens with one attached hydrogen (secondary N) is 2. The molecule has 0 saturated heterocycles. The van der Waals surface area contributed by atoms with E-state index in [0.29, 0.717) is 28.4 Å². The van der Waals surface area contributed by atoms with E-state index in [1.807, 2.05) is 39.0 Å². The molecule has 38 heavy (non-hydrogen) atoms. The predicted octanol–water partition coefficient (Wildman–Crippen LogP) is 4.57. The molecule has 1 atom stereocenters. The summed E-state index contributed by atoms with van der Waals surface area (Å²) in [7, 11) is 3.11. The van der Waals surface area contributed by atoms with Gasteiger partial charge in [-0.05, 0) is 55.5 Å². The quantitative estimate of drug-likeness (QED) is 0.353. The highest BCUT2D eigenvalue weighted by Crippen LogP contribution is 2.30. The second-order valence-corrected chi connectivity index (χ2v) is 10.3. The van der Waals surface area contributed by atoms with E-state index in [-0.39, 0.29) is 24.9 Å². The third-order valence-electron chi connectivity index (χ3n) is 6.31. The molecule has 0 aliphatic heterocycles. The number of thiophene rings is 1. The van der Waals surface area contributed by atoms with Gasteiger partial charge >= 0.3 is 0 Å². The molecule has 0 aliphatic carbocycles. The number of benzene rings is 2. The van der Waals surface area contributed by atoms with E-state index >= 15 is 0 Å². The molecule has 0 fully saturated rings. The summed E-state index contributed by atoms with van der Waals surface area (Å²) < 4.78 is 10.9. The van der Waals surface area contributed by atoms with Crippen LogP contribution in [0.25, 0.3) is 0 Å². The smallest absolute Gasteiger partial charge is 0.261 e. The molecule has 202 valence electrons. The summed E-state index contributed by atoms with van der Waals surface area (Å²) in [5, 5.41) is 7.58. The van der Waals surface area contributed by atoms with Crippen molar-refractivity contribution in [3.05, 3.63) is 82.0 Å². The van der Waals surface area contributed by atoms with Crippen molar-refractivity contribution in [3.63, 3.8) is 0 Å². The maximum Gasteiger partial charge on any atom is 0.261 e. The van der Waals surface area contributed by atoms with Crippen LogP contribution in [0.4, 0.5) is 0 Å². The van der Waals surface area contributed by atoms with E-state index < -0.39 is 17.5 Å². The summed E-state index contributed by atoms with van der Waals surface area (Å²) >= 11 is 1.29. The number of hydrogen-bond donors (Lipinski definition) is 2. The summed E-state index contributed by atoms with van der Waals surface area (Å²) in [6.07, 6.45) is 0.695. The Kier molecular flexibility index (Phi) is 9.90. The van der Waals surface area contributed by atoms with Gasteiger partial charge in [0.15, 0.2) is 0 Å². The van der Waals surface area contributed by atoms with Gasteiger partial charge in [0.2, 0.25) is 11.8 Å². The molecule has 2 N–H and O–H groups in total. The van der Waals surface area contributed by atoms with Gasteiger partial charge in [-0.3, -0.25) is 14.4 Å². The van der Waals surface area contributed by atoms with Crippen LogP contribution in [0.5, 0.6) is 11.5 Å². The molecule has 3 rings (SSSR count). The molecule has 1 heterocycles. The molecule has 0 saturated carbocycles. The van der Waals surface area contributed by atoms with Crippen molar-refractivity contribution in [1.29, 1.82) is 0 Å². The summed E-state index contributed by atoms with van der Waals surface area (Å²) in [5.74, 6) is 0.0495. The Bertz CT molecular complexity index is 1240. The van der Waals surface area contributed by atoms with Crippen LogP contribution in [0, 0.1) is 0 Å². The predicted molar refractivity (Wildman–Crippen MR) is 148 cm³/mol. The van der Waals surface area contributed by atoms with E-state index in [1.54, 1.807) is 62.1 Å². The normalized spacial score (nSPS) is 11.8. The van der Waals surface area contributed by atoms with Crippen molar-refractivity contribution in [2.24, 2.45) is 0 Å². The van der Waals surface area contributed by atoms with Gasteiger partial charge in [-0.15, -0.1) is 11.3 Å². The van der Waals surface area contributed by atoms with Gasteiger partial charge < -0.3 is 25.0 Å². The van der Waals surface area contributed by atoms with Crippen LogP contribution in [0.3, 0.4) is 0 Å². The fourth-order valence-corrected chi connectivity index (χ4v) is 4.51. The minimum atomic E-state index is -0.994. The highest BCUT2D eigenvalue weighted by molar-refractivity contribution is 7.12. The molecule has 3 aromatic rings. The SMILES string of the molecule is CCC(C)(C)NC(=O)[C@@H](c1cccc(OC)c1)N(Cc1ccccc1OC)C(=O)CNC(=O)c1cccs1. The summed E-state index contributed by atoms with van der Waals surface area (Å²) in [5.41, 5.74) is 0.811. The molecule has 0 radical (unpaired) electrons. The van der Waals surface area contributed by atoms with Crippen LogP contribution in [-0.4, -0.2) is 48.9 Å². The van der Waals surface area contributed by atoms with Gasteiger partial charge in [-0.25, -0.2) is 0 Å². The Balaban J connectivity index is 2.04. The van der Waals surface area contributed by atoms with E-state index in [2.05, 4.69) is 10.6 Å². The van der Waals surface area contributed by atoms with Crippen molar-refractivity contribution in [2.75, 3.05) is 20.8 Å². The van der Waals surface area contributed by atoms with Crippen LogP contribution in [-0.2, 0) is 16.1 Å². The molecule has 0 spiro atoms. The Hall–Kier alpha value is -3.85. The maximum atomic E-state index is 13.9. The molecular weight excluding hydrogens is 502 g/mol. The van der Waals surface area contributed by atoms with Crippen LogP contribution < -0.4 is 20.1 Å². The third kappa shape index (κ3) is 7.35. The number of ether oxygens (including phenoxy) is 2. The molecular formula is C29H35N3O5S. The topological polar surface area (TPSA) is 97.0 Å². The zero-order chi connectivity index (χ0) is 27.7. The molecule has 1 aromatic heterocycles. The van der Waals surface area contributed by atoms with Crippen LogP contribution in [0.15, 0.2) is 66.0 Å². The Morgan fingerprint density at radius 1 is 1.00 bits per heavy atom. The van der Waals surface area contributed by atoms with Gasteiger partial charge in [-0.2, -0.15) is 0 Å². The number of amides is 3. The van der Waals surface area contributed by atoms with Crippen molar-refractivity contribution in [3.8, 4) is 11.5 Å². The highest BCUT2D eigenvalue weighted by Gasteiger charge is 2.34. The average molecular weight is 538 g/mol. The molecule has 8 nitrogen and oxygen atoms in total. The Labute approximate surface area is 228 Å². The molecule has 0 unspecified atom stereocenters. The number of methoxy groups -OCH3 is 2. The Morgan fingerprint density at radius 3 is 2.42 bits per heavy atom. The lowest BCUT2D eigenvalue weighted by Gasteiger charge is -2.35. The second kappa shape index (κ2) is 13.1. The monoisotopic (exact) mass is 537 g/mol. The fraction of sp³-hybridized carbons (Fsp3) is 0.345. The van der Waals surface area contributed by atoms with Crippen molar-refractivity contribution < 1.29 is 23.9 Å². The molecule has 0 bridgehead atoms. The molecule has 3 amide bonds. The lowest BCUT2D eigenvalue weighted by Crippen LogP contribution is -2.51. The first-order chi connectivity index (χ1) is 18.2. The highest BCUT2D eigenvalue weighted by atomic mass is 32.1. The minimum Gasteiger partial charge on any atom is -0.497 e. The molecule has 9 heteroatoms. The van der Waals surface area contributed by atoms with Crippen LogP contribution >= 0.6 is 11.3 Å². The van der Waals surface area contributed by atoms with Gasteiger partial charge in [-0.1, -0.05) is 43.3 Å². The van der Waals surface area contributed by atoms with Gasteiger partial charge in [0.25, 0.3) is 5.91 Å². The molecule has 2 aromatic carbocycles.